The molecular formula is C9H14OS. The molecule has 0 aliphatic carbocycles. The van der Waals surface area contributed by atoms with Crippen molar-refractivity contribution in [3.8, 4) is 0 Å². The van der Waals surface area contributed by atoms with Gasteiger partial charge in [0.15, 0.2) is 0 Å². The fourth-order valence-corrected chi connectivity index (χ4v) is 2.74. The van der Waals surface area contributed by atoms with Crippen LogP contribution in [0.25, 0.3) is 0 Å². The zero-order chi connectivity index (χ0) is 8.16. The van der Waals surface area contributed by atoms with Crippen LogP contribution in [0.2, 0.25) is 0 Å². The zero-order valence-corrected chi connectivity index (χ0v) is 7.53. The third kappa shape index (κ3) is 2.09. The number of carbonyl (C=O) groups excluding carboxylic acids is 1. The van der Waals surface area contributed by atoms with Gasteiger partial charge in [-0.1, -0.05) is 6.08 Å². The summed E-state index contributed by atoms with van der Waals surface area (Å²) in [6.07, 6.45) is 5.93. The van der Waals surface area contributed by atoms with E-state index in [1.54, 1.807) is 0 Å². The normalized spacial score (nSPS) is 22.5. The van der Waals surface area contributed by atoms with Gasteiger partial charge in [-0.05, 0) is 30.8 Å². The monoisotopic (exact) mass is 170 g/mol. The summed E-state index contributed by atoms with van der Waals surface area (Å²) in [4.78, 5) is 10.8. The van der Waals surface area contributed by atoms with Crippen molar-refractivity contribution in [1.82, 2.24) is 0 Å². The van der Waals surface area contributed by atoms with Crippen molar-refractivity contribution in [2.45, 2.75) is 19.3 Å². The molecule has 1 saturated heterocycles. The number of allylic oxidation sites excluding steroid dienone is 1. The summed E-state index contributed by atoms with van der Waals surface area (Å²) in [6, 6.07) is 0. The maximum atomic E-state index is 10.8. The van der Waals surface area contributed by atoms with Crippen molar-refractivity contribution < 1.29 is 4.79 Å². The highest BCUT2D eigenvalue weighted by Crippen LogP contribution is 2.36. The van der Waals surface area contributed by atoms with Crippen LogP contribution in [-0.2, 0) is 4.79 Å². The van der Waals surface area contributed by atoms with Crippen LogP contribution in [0.15, 0.2) is 12.7 Å². The molecule has 0 N–H and O–H groups in total. The van der Waals surface area contributed by atoms with Gasteiger partial charge in [-0.2, -0.15) is 11.8 Å². The number of aldehydes is 1. The Kier molecular flexibility index (Phi) is 3.18. The second-order valence-corrected chi connectivity index (χ2v) is 4.31. The molecule has 0 radical (unpaired) electrons. The van der Waals surface area contributed by atoms with Crippen LogP contribution in [0.1, 0.15) is 19.3 Å². The largest absolute Gasteiger partial charge is 0.303 e. The van der Waals surface area contributed by atoms with Crippen LogP contribution in [0.5, 0.6) is 0 Å². The van der Waals surface area contributed by atoms with Crippen molar-refractivity contribution in [1.29, 1.82) is 0 Å². The molecule has 1 heterocycles. The molecule has 0 unspecified atom stereocenters. The van der Waals surface area contributed by atoms with E-state index in [1.807, 2.05) is 17.8 Å². The van der Waals surface area contributed by atoms with E-state index in [4.69, 9.17) is 0 Å². The molecule has 0 aromatic rings. The predicted octanol–water partition coefficient (Wildman–Crippen LogP) is 2.27. The molecule has 62 valence electrons. The molecule has 2 heteroatoms. The lowest BCUT2D eigenvalue weighted by molar-refractivity contribution is -0.116. The summed E-state index contributed by atoms with van der Waals surface area (Å²) < 4.78 is 0. The summed E-state index contributed by atoms with van der Waals surface area (Å²) in [5.74, 6) is 2.26. The molecule has 1 rings (SSSR count). The van der Waals surface area contributed by atoms with Gasteiger partial charge in [0.05, 0.1) is 0 Å². The fourth-order valence-electron chi connectivity index (χ4n) is 1.44. The molecule has 1 aliphatic heterocycles. The van der Waals surface area contributed by atoms with Gasteiger partial charge in [0.1, 0.15) is 6.29 Å². The minimum absolute atomic E-state index is 0.0486. The lowest BCUT2D eigenvalue weighted by atomic mass is 9.80. The Hall–Kier alpha value is -0.240. The van der Waals surface area contributed by atoms with E-state index in [9.17, 15) is 4.79 Å². The average Bonchev–Trinajstić information content (AvgIpc) is 2.07. The number of hydrogen-bond acceptors (Lipinski definition) is 2. The van der Waals surface area contributed by atoms with E-state index < -0.39 is 0 Å². The third-order valence-electron chi connectivity index (χ3n) is 2.29. The molecule has 0 bridgehead atoms. The Morgan fingerprint density at radius 3 is 2.55 bits per heavy atom. The molecule has 11 heavy (non-hydrogen) atoms. The lowest BCUT2D eigenvalue weighted by Gasteiger charge is -2.30. The Bertz CT molecular complexity index is 148. The van der Waals surface area contributed by atoms with Crippen LogP contribution >= 0.6 is 11.8 Å². The third-order valence-corrected chi connectivity index (χ3v) is 3.28. The fraction of sp³-hybridized carbons (Fsp3) is 0.667. The quantitative estimate of drug-likeness (QED) is 0.477. The molecule has 0 amide bonds. The van der Waals surface area contributed by atoms with E-state index in [0.717, 1.165) is 37.1 Å². The number of hydrogen-bond donors (Lipinski definition) is 0. The van der Waals surface area contributed by atoms with E-state index in [-0.39, 0.29) is 5.41 Å². The molecule has 1 nitrogen and oxygen atoms in total. The maximum absolute atomic E-state index is 10.8. The van der Waals surface area contributed by atoms with Crippen molar-refractivity contribution in [2.24, 2.45) is 5.41 Å². The summed E-state index contributed by atoms with van der Waals surface area (Å²) in [5, 5.41) is 0. The first-order valence-electron chi connectivity index (χ1n) is 3.98. The average molecular weight is 170 g/mol. The summed E-state index contributed by atoms with van der Waals surface area (Å²) >= 11 is 1.95. The molecule has 0 aromatic carbocycles. The van der Waals surface area contributed by atoms with Crippen molar-refractivity contribution >= 4 is 18.0 Å². The van der Waals surface area contributed by atoms with Crippen LogP contribution < -0.4 is 0 Å². The van der Waals surface area contributed by atoms with E-state index in [1.165, 1.54) is 0 Å². The summed E-state index contributed by atoms with van der Waals surface area (Å²) in [6.45, 7) is 3.68. The van der Waals surface area contributed by atoms with Crippen molar-refractivity contribution in [2.75, 3.05) is 11.5 Å². The predicted molar refractivity (Wildman–Crippen MR) is 49.9 cm³/mol. The van der Waals surface area contributed by atoms with Crippen LogP contribution in [-0.4, -0.2) is 17.8 Å². The first-order chi connectivity index (χ1) is 5.33. The zero-order valence-electron chi connectivity index (χ0n) is 6.71. The molecule has 0 spiro atoms. The van der Waals surface area contributed by atoms with Crippen LogP contribution in [0.4, 0.5) is 0 Å². The standard InChI is InChI=1S/C9H14OS/c1-2-3-9(8-10)4-6-11-7-5-9/h2,8H,1,3-7H2. The van der Waals surface area contributed by atoms with Crippen LogP contribution in [0.3, 0.4) is 0 Å². The van der Waals surface area contributed by atoms with Gasteiger partial charge in [0.25, 0.3) is 0 Å². The highest BCUT2D eigenvalue weighted by molar-refractivity contribution is 7.99. The molecule has 0 atom stereocenters. The number of thioether (sulfide) groups is 1. The van der Waals surface area contributed by atoms with Gasteiger partial charge in [0.2, 0.25) is 0 Å². The Labute approximate surface area is 72.2 Å². The van der Waals surface area contributed by atoms with Gasteiger partial charge < -0.3 is 4.79 Å². The number of rotatable bonds is 3. The Morgan fingerprint density at radius 1 is 1.45 bits per heavy atom. The molecule has 0 aromatic heterocycles. The molecule has 1 aliphatic rings. The Morgan fingerprint density at radius 2 is 2.09 bits per heavy atom. The van der Waals surface area contributed by atoms with Crippen LogP contribution in [0, 0.1) is 5.41 Å². The van der Waals surface area contributed by atoms with E-state index in [0.29, 0.717) is 0 Å². The first-order valence-corrected chi connectivity index (χ1v) is 5.13. The topological polar surface area (TPSA) is 17.1 Å². The van der Waals surface area contributed by atoms with E-state index >= 15 is 0 Å². The molecule has 1 fully saturated rings. The van der Waals surface area contributed by atoms with Crippen molar-refractivity contribution in [3.63, 3.8) is 0 Å². The highest BCUT2D eigenvalue weighted by Gasteiger charge is 2.30. The van der Waals surface area contributed by atoms with E-state index in [2.05, 4.69) is 6.58 Å². The Balaban J connectivity index is 2.56. The van der Waals surface area contributed by atoms with Gasteiger partial charge in [-0.25, -0.2) is 0 Å². The van der Waals surface area contributed by atoms with Gasteiger partial charge in [-0.15, -0.1) is 6.58 Å². The van der Waals surface area contributed by atoms with Crippen molar-refractivity contribution in [3.05, 3.63) is 12.7 Å². The second-order valence-electron chi connectivity index (χ2n) is 3.09. The minimum Gasteiger partial charge on any atom is -0.303 e. The lowest BCUT2D eigenvalue weighted by Crippen LogP contribution is -2.27. The van der Waals surface area contributed by atoms with Gasteiger partial charge in [-0.3, -0.25) is 0 Å². The SMILES string of the molecule is C=CCC1(C=O)CCSCC1. The summed E-state index contributed by atoms with van der Waals surface area (Å²) in [5.41, 5.74) is -0.0486. The maximum Gasteiger partial charge on any atom is 0.126 e. The number of carbonyl (C=O) groups is 1. The first kappa shape index (κ1) is 8.85. The molecule has 0 saturated carbocycles. The van der Waals surface area contributed by atoms with Gasteiger partial charge >= 0.3 is 0 Å². The summed E-state index contributed by atoms with van der Waals surface area (Å²) in [7, 11) is 0. The minimum atomic E-state index is -0.0486. The second kappa shape index (κ2) is 3.96. The highest BCUT2D eigenvalue weighted by atomic mass is 32.2. The van der Waals surface area contributed by atoms with Gasteiger partial charge in [0, 0.05) is 5.41 Å². The smallest absolute Gasteiger partial charge is 0.126 e. The molecular weight excluding hydrogens is 156 g/mol.